The zero-order valence-electron chi connectivity index (χ0n) is 13.6. The first kappa shape index (κ1) is 15.8. The molecule has 3 rings (SSSR count). The molecule has 0 spiro atoms. The fourth-order valence-electron chi connectivity index (χ4n) is 2.71. The SMILES string of the molecule is COc1ccc(-c2cc3cc(C=O)cc(C)c3oc2=O)cc1OC. The van der Waals surface area contributed by atoms with E-state index in [1.807, 2.05) is 0 Å². The van der Waals surface area contributed by atoms with E-state index in [1.54, 1.807) is 50.4 Å². The van der Waals surface area contributed by atoms with Gasteiger partial charge in [0.25, 0.3) is 0 Å². The molecule has 122 valence electrons. The number of fused-ring (bicyclic) bond motifs is 1. The van der Waals surface area contributed by atoms with Crippen LogP contribution in [0, 0.1) is 6.92 Å². The summed E-state index contributed by atoms with van der Waals surface area (Å²) in [6.45, 7) is 1.80. The van der Waals surface area contributed by atoms with Gasteiger partial charge in [0.15, 0.2) is 11.5 Å². The second-order valence-electron chi connectivity index (χ2n) is 5.39. The predicted molar refractivity (Wildman–Crippen MR) is 91.1 cm³/mol. The predicted octanol–water partition coefficient (Wildman–Crippen LogP) is 3.60. The molecule has 0 saturated heterocycles. The minimum atomic E-state index is -0.448. The Bertz CT molecular complexity index is 985. The third-order valence-electron chi connectivity index (χ3n) is 3.87. The topological polar surface area (TPSA) is 65.7 Å². The van der Waals surface area contributed by atoms with Crippen LogP contribution in [-0.2, 0) is 0 Å². The zero-order valence-corrected chi connectivity index (χ0v) is 13.6. The van der Waals surface area contributed by atoms with Gasteiger partial charge in [-0.3, -0.25) is 4.79 Å². The Balaban J connectivity index is 2.24. The fourth-order valence-corrected chi connectivity index (χ4v) is 2.71. The minimum absolute atomic E-state index is 0.394. The number of aryl methyl sites for hydroxylation is 1. The van der Waals surface area contributed by atoms with E-state index in [9.17, 15) is 9.59 Å². The summed E-state index contributed by atoms with van der Waals surface area (Å²) in [5.41, 5.74) is 2.35. The number of aldehydes is 1. The normalized spacial score (nSPS) is 10.6. The van der Waals surface area contributed by atoms with E-state index in [0.29, 0.717) is 39.2 Å². The molecular formula is C19H16O5. The standard InChI is InChI=1S/C19H16O5/c1-11-6-12(10-20)7-14-8-15(19(21)24-18(11)14)13-4-5-16(22-2)17(9-13)23-3/h4-10H,1-3H3. The van der Waals surface area contributed by atoms with E-state index in [4.69, 9.17) is 13.9 Å². The Morgan fingerprint density at radius 3 is 2.42 bits per heavy atom. The smallest absolute Gasteiger partial charge is 0.344 e. The average Bonchev–Trinajstić information content (AvgIpc) is 2.61. The summed E-state index contributed by atoms with van der Waals surface area (Å²) < 4.78 is 15.9. The van der Waals surface area contributed by atoms with Gasteiger partial charge in [-0.05, 0) is 48.4 Å². The number of benzene rings is 2. The van der Waals surface area contributed by atoms with Gasteiger partial charge in [-0.2, -0.15) is 0 Å². The molecular weight excluding hydrogens is 308 g/mol. The van der Waals surface area contributed by atoms with Gasteiger partial charge in [0, 0.05) is 10.9 Å². The maximum atomic E-state index is 12.4. The molecule has 0 atom stereocenters. The van der Waals surface area contributed by atoms with Gasteiger partial charge in [0.1, 0.15) is 11.9 Å². The third-order valence-corrected chi connectivity index (χ3v) is 3.87. The van der Waals surface area contributed by atoms with Crippen LogP contribution in [0.4, 0.5) is 0 Å². The summed E-state index contributed by atoms with van der Waals surface area (Å²) >= 11 is 0. The summed E-state index contributed by atoms with van der Waals surface area (Å²) in [6.07, 6.45) is 0.771. The molecule has 0 fully saturated rings. The molecule has 0 aliphatic carbocycles. The molecule has 0 N–H and O–H groups in total. The highest BCUT2D eigenvalue weighted by molar-refractivity contribution is 5.90. The summed E-state index contributed by atoms with van der Waals surface area (Å²) in [5, 5.41) is 0.696. The summed E-state index contributed by atoms with van der Waals surface area (Å²) in [5.74, 6) is 1.10. The number of carbonyl (C=O) groups excluding carboxylic acids is 1. The molecule has 0 radical (unpaired) electrons. The molecule has 5 heteroatoms. The second-order valence-corrected chi connectivity index (χ2v) is 5.39. The largest absolute Gasteiger partial charge is 0.493 e. The van der Waals surface area contributed by atoms with Crippen molar-refractivity contribution in [2.75, 3.05) is 14.2 Å². The zero-order chi connectivity index (χ0) is 17.3. The molecule has 5 nitrogen and oxygen atoms in total. The van der Waals surface area contributed by atoms with Crippen LogP contribution in [0.3, 0.4) is 0 Å². The lowest BCUT2D eigenvalue weighted by Gasteiger charge is -2.10. The van der Waals surface area contributed by atoms with Gasteiger partial charge in [0.2, 0.25) is 0 Å². The van der Waals surface area contributed by atoms with Crippen LogP contribution in [0.15, 0.2) is 45.6 Å². The van der Waals surface area contributed by atoms with Gasteiger partial charge >= 0.3 is 5.63 Å². The lowest BCUT2D eigenvalue weighted by atomic mass is 10.0. The highest BCUT2D eigenvalue weighted by Crippen LogP contribution is 2.32. The highest BCUT2D eigenvalue weighted by Gasteiger charge is 2.13. The highest BCUT2D eigenvalue weighted by atomic mass is 16.5. The molecule has 0 saturated carbocycles. The second kappa shape index (κ2) is 6.20. The summed E-state index contributed by atoms with van der Waals surface area (Å²) in [4.78, 5) is 23.4. The van der Waals surface area contributed by atoms with Crippen molar-refractivity contribution in [1.82, 2.24) is 0 Å². The number of methoxy groups -OCH3 is 2. The lowest BCUT2D eigenvalue weighted by molar-refractivity contribution is 0.112. The molecule has 0 aliphatic heterocycles. The van der Waals surface area contributed by atoms with Crippen LogP contribution in [-0.4, -0.2) is 20.5 Å². The summed E-state index contributed by atoms with van der Waals surface area (Å²) in [6, 6.07) is 10.3. The molecule has 0 bridgehead atoms. The summed E-state index contributed by atoms with van der Waals surface area (Å²) in [7, 11) is 3.08. The first-order chi connectivity index (χ1) is 11.6. The number of hydrogen-bond donors (Lipinski definition) is 0. The van der Waals surface area contributed by atoms with Crippen LogP contribution in [0.5, 0.6) is 11.5 Å². The van der Waals surface area contributed by atoms with Crippen molar-refractivity contribution >= 4 is 17.3 Å². The van der Waals surface area contributed by atoms with Crippen molar-refractivity contribution in [3.05, 3.63) is 57.9 Å². The Kier molecular flexibility index (Phi) is 4.08. The van der Waals surface area contributed by atoms with E-state index in [2.05, 4.69) is 0 Å². The molecule has 0 amide bonds. The average molecular weight is 324 g/mol. The van der Waals surface area contributed by atoms with Crippen LogP contribution < -0.4 is 15.1 Å². The molecule has 1 aromatic heterocycles. The van der Waals surface area contributed by atoms with Crippen molar-refractivity contribution < 1.29 is 18.7 Å². The number of carbonyl (C=O) groups is 1. The first-order valence-corrected chi connectivity index (χ1v) is 7.33. The van der Waals surface area contributed by atoms with Crippen LogP contribution in [0.25, 0.3) is 22.1 Å². The Hall–Kier alpha value is -3.08. The van der Waals surface area contributed by atoms with Crippen LogP contribution in [0.1, 0.15) is 15.9 Å². The molecule has 3 aromatic rings. The van der Waals surface area contributed by atoms with E-state index < -0.39 is 5.63 Å². The third kappa shape index (κ3) is 2.65. The maximum absolute atomic E-state index is 12.4. The van der Waals surface area contributed by atoms with Crippen LogP contribution >= 0.6 is 0 Å². The Labute approximate surface area is 138 Å². The van der Waals surface area contributed by atoms with E-state index in [0.717, 1.165) is 11.8 Å². The molecule has 24 heavy (non-hydrogen) atoms. The van der Waals surface area contributed by atoms with Gasteiger partial charge in [0.05, 0.1) is 19.8 Å². The lowest BCUT2D eigenvalue weighted by Crippen LogP contribution is -2.04. The van der Waals surface area contributed by atoms with Gasteiger partial charge in [-0.25, -0.2) is 4.79 Å². The molecule has 2 aromatic carbocycles. The number of rotatable bonds is 4. The van der Waals surface area contributed by atoms with Gasteiger partial charge in [-0.1, -0.05) is 6.07 Å². The van der Waals surface area contributed by atoms with Crippen LogP contribution in [0.2, 0.25) is 0 Å². The fraction of sp³-hybridized carbons (Fsp3) is 0.158. The van der Waals surface area contributed by atoms with Crippen molar-refractivity contribution in [3.8, 4) is 22.6 Å². The van der Waals surface area contributed by atoms with Gasteiger partial charge in [-0.15, -0.1) is 0 Å². The molecule has 1 heterocycles. The van der Waals surface area contributed by atoms with Crippen molar-refractivity contribution in [2.45, 2.75) is 6.92 Å². The minimum Gasteiger partial charge on any atom is -0.493 e. The maximum Gasteiger partial charge on any atom is 0.344 e. The monoisotopic (exact) mass is 324 g/mol. The quantitative estimate of drug-likeness (QED) is 0.542. The van der Waals surface area contributed by atoms with Gasteiger partial charge < -0.3 is 13.9 Å². The first-order valence-electron chi connectivity index (χ1n) is 7.33. The molecule has 0 aliphatic rings. The Morgan fingerprint density at radius 2 is 1.75 bits per heavy atom. The Morgan fingerprint density at radius 1 is 1.00 bits per heavy atom. The number of hydrogen-bond acceptors (Lipinski definition) is 5. The van der Waals surface area contributed by atoms with Crippen molar-refractivity contribution in [2.24, 2.45) is 0 Å². The van der Waals surface area contributed by atoms with E-state index in [1.165, 1.54) is 7.11 Å². The van der Waals surface area contributed by atoms with Crippen molar-refractivity contribution in [3.63, 3.8) is 0 Å². The van der Waals surface area contributed by atoms with E-state index >= 15 is 0 Å². The number of ether oxygens (including phenoxy) is 2. The van der Waals surface area contributed by atoms with Crippen molar-refractivity contribution in [1.29, 1.82) is 0 Å². The molecule has 0 unspecified atom stereocenters. The van der Waals surface area contributed by atoms with E-state index in [-0.39, 0.29) is 0 Å².